The first-order chi connectivity index (χ1) is 12.8. The van der Waals surface area contributed by atoms with Gasteiger partial charge in [-0.15, -0.1) is 0 Å². The lowest BCUT2D eigenvalue weighted by molar-refractivity contribution is 0.840. The molecule has 0 aliphatic rings. The molecule has 4 heteroatoms. The lowest BCUT2D eigenvalue weighted by Gasteiger charge is -2.04. The molecule has 0 saturated carbocycles. The number of rotatable bonds is 3. The Balaban J connectivity index is 1.65. The van der Waals surface area contributed by atoms with Crippen LogP contribution in [0.1, 0.15) is 16.7 Å². The average molecular weight is 339 g/mol. The molecule has 2 aromatic heterocycles. The third-order valence-electron chi connectivity index (χ3n) is 4.25. The second-order valence-corrected chi connectivity index (χ2v) is 6.10. The third-order valence-corrected chi connectivity index (χ3v) is 4.25. The van der Waals surface area contributed by atoms with E-state index in [4.69, 9.17) is 0 Å². The maximum atomic E-state index is 12.9. The molecule has 0 aliphatic heterocycles. The van der Waals surface area contributed by atoms with Gasteiger partial charge in [-0.3, -0.25) is 4.79 Å². The van der Waals surface area contributed by atoms with Crippen molar-refractivity contribution in [2.24, 2.45) is 0 Å². The minimum atomic E-state index is 0.0564. The summed E-state index contributed by atoms with van der Waals surface area (Å²) in [7, 11) is 0. The fourth-order valence-electron chi connectivity index (χ4n) is 2.90. The topological polar surface area (TPSA) is 50.7 Å². The van der Waals surface area contributed by atoms with E-state index in [9.17, 15) is 4.79 Å². The lowest BCUT2D eigenvalue weighted by atomic mass is 10.0. The number of hydrogen-bond acceptors (Lipinski definition) is 2. The zero-order valence-corrected chi connectivity index (χ0v) is 14.1. The van der Waals surface area contributed by atoms with Crippen LogP contribution in [0.5, 0.6) is 0 Å². The smallest absolute Gasteiger partial charge is 0.192 e. The summed E-state index contributed by atoms with van der Waals surface area (Å²) in [5, 5.41) is 0.674. The predicted molar refractivity (Wildman–Crippen MR) is 103 cm³/mol. The van der Waals surface area contributed by atoms with E-state index >= 15 is 0 Å². The van der Waals surface area contributed by atoms with Gasteiger partial charge < -0.3 is 9.55 Å². The molecule has 126 valence electrons. The second-order valence-electron chi connectivity index (χ2n) is 6.10. The minimum absolute atomic E-state index is 0.0564. The van der Waals surface area contributed by atoms with Crippen molar-refractivity contribution in [3.63, 3.8) is 0 Å². The van der Waals surface area contributed by atoms with Crippen LogP contribution in [0.3, 0.4) is 0 Å². The molecule has 0 amide bonds. The number of aromatic amines is 1. The standard InChI is InChI=1S/C22H17N3O/c26-22-19(13-17-5-2-1-3-6-17)15-24-21-9-8-18(14-20(21)22)7-4-11-25-12-10-23-16-25/h1-3,5-6,8-10,12,14-16H,11,13H2,(H,24,26). The highest BCUT2D eigenvalue weighted by Crippen LogP contribution is 2.13. The number of benzene rings is 2. The van der Waals surface area contributed by atoms with E-state index in [1.807, 2.05) is 65.5 Å². The van der Waals surface area contributed by atoms with Gasteiger partial charge in [0.1, 0.15) is 0 Å². The quantitative estimate of drug-likeness (QED) is 0.582. The van der Waals surface area contributed by atoms with Crippen molar-refractivity contribution in [2.45, 2.75) is 13.0 Å². The number of fused-ring (bicyclic) bond motifs is 1. The van der Waals surface area contributed by atoms with Crippen molar-refractivity contribution in [2.75, 3.05) is 0 Å². The molecule has 4 aromatic rings. The molecule has 0 unspecified atom stereocenters. The van der Waals surface area contributed by atoms with Crippen LogP contribution in [0, 0.1) is 11.8 Å². The van der Waals surface area contributed by atoms with E-state index < -0.39 is 0 Å². The zero-order valence-electron chi connectivity index (χ0n) is 14.1. The maximum Gasteiger partial charge on any atom is 0.192 e. The number of pyridine rings is 1. The summed E-state index contributed by atoms with van der Waals surface area (Å²) in [5.41, 5.74) is 3.59. The molecule has 0 radical (unpaired) electrons. The van der Waals surface area contributed by atoms with Crippen molar-refractivity contribution in [1.82, 2.24) is 14.5 Å². The van der Waals surface area contributed by atoms with Crippen LogP contribution < -0.4 is 5.43 Å². The Morgan fingerprint density at radius 3 is 2.81 bits per heavy atom. The number of aromatic nitrogens is 3. The van der Waals surface area contributed by atoms with Gasteiger partial charge in [-0.25, -0.2) is 4.98 Å². The summed E-state index contributed by atoms with van der Waals surface area (Å²) in [4.78, 5) is 20.1. The zero-order chi connectivity index (χ0) is 17.8. The molecule has 26 heavy (non-hydrogen) atoms. The first kappa shape index (κ1) is 15.9. The van der Waals surface area contributed by atoms with Crippen molar-refractivity contribution in [3.05, 3.63) is 100 Å². The molecular weight excluding hydrogens is 322 g/mol. The van der Waals surface area contributed by atoms with Gasteiger partial charge in [0.15, 0.2) is 5.43 Å². The molecule has 0 saturated heterocycles. The highest BCUT2D eigenvalue weighted by molar-refractivity contribution is 5.80. The van der Waals surface area contributed by atoms with E-state index in [0.29, 0.717) is 18.4 Å². The predicted octanol–water partition coefficient (Wildman–Crippen LogP) is 3.37. The van der Waals surface area contributed by atoms with Crippen LogP contribution in [0.25, 0.3) is 10.9 Å². The molecule has 0 fully saturated rings. The maximum absolute atomic E-state index is 12.9. The van der Waals surface area contributed by atoms with Crippen molar-refractivity contribution >= 4 is 10.9 Å². The van der Waals surface area contributed by atoms with Crippen LogP contribution in [0.2, 0.25) is 0 Å². The van der Waals surface area contributed by atoms with Crippen LogP contribution in [-0.4, -0.2) is 14.5 Å². The summed E-state index contributed by atoms with van der Waals surface area (Å²) in [6.07, 6.45) is 7.75. The monoisotopic (exact) mass is 339 g/mol. The normalized spacial score (nSPS) is 10.5. The number of nitrogens with one attached hydrogen (secondary N) is 1. The van der Waals surface area contributed by atoms with Gasteiger partial charge in [-0.05, 0) is 23.8 Å². The lowest BCUT2D eigenvalue weighted by Crippen LogP contribution is -2.10. The highest BCUT2D eigenvalue weighted by Gasteiger charge is 2.06. The Morgan fingerprint density at radius 2 is 2.00 bits per heavy atom. The van der Waals surface area contributed by atoms with E-state index in [-0.39, 0.29) is 5.43 Å². The van der Waals surface area contributed by atoms with Gasteiger partial charge in [0.25, 0.3) is 0 Å². The van der Waals surface area contributed by atoms with Gasteiger partial charge in [0, 0.05) is 47.0 Å². The van der Waals surface area contributed by atoms with Gasteiger partial charge in [0.05, 0.1) is 12.9 Å². The van der Waals surface area contributed by atoms with E-state index in [2.05, 4.69) is 21.8 Å². The van der Waals surface area contributed by atoms with Gasteiger partial charge in [-0.2, -0.15) is 0 Å². The Hall–Kier alpha value is -3.58. The summed E-state index contributed by atoms with van der Waals surface area (Å²) in [5.74, 6) is 6.22. The summed E-state index contributed by atoms with van der Waals surface area (Å²) in [6, 6.07) is 15.7. The SMILES string of the molecule is O=c1c(Cc2ccccc2)c[nH]c2ccc(C#CCn3ccnc3)cc12. The fraction of sp³-hybridized carbons (Fsp3) is 0.0909. The fourth-order valence-corrected chi connectivity index (χ4v) is 2.90. The van der Waals surface area contributed by atoms with Gasteiger partial charge in [-0.1, -0.05) is 42.2 Å². The summed E-state index contributed by atoms with van der Waals surface area (Å²) in [6.45, 7) is 0.572. The minimum Gasteiger partial charge on any atom is -0.361 e. The highest BCUT2D eigenvalue weighted by atomic mass is 16.1. The molecule has 1 N–H and O–H groups in total. The molecule has 0 bridgehead atoms. The largest absolute Gasteiger partial charge is 0.361 e. The Bertz CT molecular complexity index is 1150. The number of nitrogens with zero attached hydrogens (tertiary/aromatic N) is 2. The molecule has 0 spiro atoms. The van der Waals surface area contributed by atoms with E-state index in [1.54, 1.807) is 12.5 Å². The van der Waals surface area contributed by atoms with Gasteiger partial charge in [0.2, 0.25) is 0 Å². The number of imidazole rings is 1. The average Bonchev–Trinajstić information content (AvgIpc) is 3.19. The molecule has 2 heterocycles. The van der Waals surface area contributed by atoms with Crippen molar-refractivity contribution in [3.8, 4) is 11.8 Å². The van der Waals surface area contributed by atoms with Crippen LogP contribution in [0.15, 0.2) is 78.2 Å². The van der Waals surface area contributed by atoms with Gasteiger partial charge >= 0.3 is 0 Å². The van der Waals surface area contributed by atoms with Crippen molar-refractivity contribution < 1.29 is 0 Å². The summed E-state index contributed by atoms with van der Waals surface area (Å²) >= 11 is 0. The van der Waals surface area contributed by atoms with E-state index in [0.717, 1.165) is 22.2 Å². The number of H-pyrrole nitrogens is 1. The van der Waals surface area contributed by atoms with Crippen LogP contribution >= 0.6 is 0 Å². The molecule has 0 atom stereocenters. The van der Waals surface area contributed by atoms with Crippen LogP contribution in [0.4, 0.5) is 0 Å². The van der Waals surface area contributed by atoms with E-state index in [1.165, 1.54) is 0 Å². The first-order valence-electron chi connectivity index (χ1n) is 8.42. The Morgan fingerprint density at radius 1 is 1.12 bits per heavy atom. The summed E-state index contributed by atoms with van der Waals surface area (Å²) < 4.78 is 1.90. The molecule has 4 nitrogen and oxygen atoms in total. The third kappa shape index (κ3) is 3.42. The Labute approximate surface area is 151 Å². The molecular formula is C22H17N3O. The van der Waals surface area contributed by atoms with Crippen LogP contribution in [-0.2, 0) is 13.0 Å². The second kappa shape index (κ2) is 7.12. The molecule has 4 rings (SSSR count). The van der Waals surface area contributed by atoms with Crippen molar-refractivity contribution in [1.29, 1.82) is 0 Å². The molecule has 2 aromatic carbocycles. The first-order valence-corrected chi connectivity index (χ1v) is 8.42. The molecule has 0 aliphatic carbocycles. The number of hydrogen-bond donors (Lipinski definition) is 1. The Kier molecular flexibility index (Phi) is 4.36.